The van der Waals surface area contributed by atoms with Crippen LogP contribution in [0.25, 0.3) is 0 Å². The molecule has 0 spiro atoms. The van der Waals surface area contributed by atoms with Crippen molar-refractivity contribution in [3.63, 3.8) is 0 Å². The molecule has 4 atom stereocenters. The Kier molecular flexibility index (Phi) is 10.6. The van der Waals surface area contributed by atoms with Gasteiger partial charge in [0.25, 0.3) is 0 Å². The molecular weight excluding hydrogens is 448 g/mol. The van der Waals surface area contributed by atoms with Gasteiger partial charge >= 0.3 is 12.1 Å². The van der Waals surface area contributed by atoms with Gasteiger partial charge in [0.1, 0.15) is 0 Å². The number of hydrogen-bond acceptors (Lipinski definition) is 2. The number of carbonyl (C=O) groups excluding carboxylic acids is 2. The lowest BCUT2D eigenvalue weighted by Gasteiger charge is -2.29. The first-order valence-electron chi connectivity index (χ1n) is 13.7. The summed E-state index contributed by atoms with van der Waals surface area (Å²) >= 11 is 0. The fraction of sp³-hybridized carbons (Fsp3) is 0.533. The van der Waals surface area contributed by atoms with Crippen molar-refractivity contribution in [2.75, 3.05) is 23.7 Å². The zero-order valence-electron chi connectivity index (χ0n) is 22.4. The van der Waals surface area contributed by atoms with Gasteiger partial charge in [-0.15, -0.1) is 0 Å². The number of amides is 4. The number of carbonyl (C=O) groups is 2. The Hall–Kier alpha value is -3.02. The molecule has 1 aliphatic rings. The second-order valence-corrected chi connectivity index (χ2v) is 10.4. The zero-order chi connectivity index (χ0) is 25.9. The minimum atomic E-state index is -0.162. The molecule has 4 N–H and O–H groups in total. The molecule has 2 aromatic carbocycles. The fourth-order valence-electron chi connectivity index (χ4n) is 4.86. The molecule has 36 heavy (non-hydrogen) atoms. The van der Waals surface area contributed by atoms with Gasteiger partial charge in [0, 0.05) is 24.5 Å². The standard InChI is InChI=1S/C30H44N4O2/c1-5-21(3)25-10-14-27(15-11-25)33-29(35)31-19-23-8-7-9-24(18-23)20-32-30(36)34-28-16-12-26(13-17-28)22(4)6-2/h10-17,21-24H,5-9,18-20H2,1-4H3,(H2,31,33,35)(H2,32,34,36)/t21-,22+,23-,24+. The molecule has 0 aromatic heterocycles. The van der Waals surface area contributed by atoms with E-state index < -0.39 is 0 Å². The summed E-state index contributed by atoms with van der Waals surface area (Å²) in [5.41, 5.74) is 4.20. The number of urea groups is 2. The van der Waals surface area contributed by atoms with E-state index >= 15 is 0 Å². The van der Waals surface area contributed by atoms with Crippen LogP contribution in [0.1, 0.15) is 89.2 Å². The van der Waals surface area contributed by atoms with Crippen LogP contribution in [0.4, 0.5) is 21.0 Å². The second-order valence-electron chi connectivity index (χ2n) is 10.4. The van der Waals surface area contributed by atoms with Gasteiger partial charge in [0.2, 0.25) is 0 Å². The minimum absolute atomic E-state index is 0.162. The second kappa shape index (κ2) is 13.9. The number of hydrogen-bond donors (Lipinski definition) is 4. The smallest absolute Gasteiger partial charge is 0.319 e. The maximum Gasteiger partial charge on any atom is 0.319 e. The first-order chi connectivity index (χ1) is 17.4. The summed E-state index contributed by atoms with van der Waals surface area (Å²) in [6, 6.07) is 15.9. The molecule has 0 bridgehead atoms. The van der Waals surface area contributed by atoms with Crippen molar-refractivity contribution in [1.82, 2.24) is 10.6 Å². The molecule has 6 heteroatoms. The largest absolute Gasteiger partial charge is 0.338 e. The minimum Gasteiger partial charge on any atom is -0.338 e. The van der Waals surface area contributed by atoms with Crippen molar-refractivity contribution in [2.24, 2.45) is 11.8 Å². The van der Waals surface area contributed by atoms with Crippen LogP contribution in [0.2, 0.25) is 0 Å². The topological polar surface area (TPSA) is 82.3 Å². The molecule has 0 saturated heterocycles. The Labute approximate surface area is 217 Å². The van der Waals surface area contributed by atoms with Crippen molar-refractivity contribution >= 4 is 23.4 Å². The summed E-state index contributed by atoms with van der Waals surface area (Å²) in [5.74, 6) is 1.91. The molecule has 196 valence electrons. The number of anilines is 2. The van der Waals surface area contributed by atoms with Gasteiger partial charge in [-0.05, 0) is 91.2 Å². The van der Waals surface area contributed by atoms with Crippen LogP contribution in [-0.2, 0) is 0 Å². The van der Waals surface area contributed by atoms with Crippen LogP contribution in [0.15, 0.2) is 48.5 Å². The molecule has 6 nitrogen and oxygen atoms in total. The molecule has 0 heterocycles. The van der Waals surface area contributed by atoms with Crippen molar-refractivity contribution in [3.05, 3.63) is 59.7 Å². The van der Waals surface area contributed by atoms with Gasteiger partial charge in [-0.1, -0.05) is 58.4 Å². The summed E-state index contributed by atoms with van der Waals surface area (Å²) in [5, 5.41) is 11.9. The summed E-state index contributed by atoms with van der Waals surface area (Å²) in [6.45, 7) is 10.1. The van der Waals surface area contributed by atoms with Crippen molar-refractivity contribution < 1.29 is 9.59 Å². The number of nitrogens with one attached hydrogen (secondary N) is 4. The number of rotatable bonds is 10. The first kappa shape index (κ1) is 27.6. The highest BCUT2D eigenvalue weighted by atomic mass is 16.2. The normalized spacial score (nSPS) is 19.1. The highest BCUT2D eigenvalue weighted by Crippen LogP contribution is 2.28. The van der Waals surface area contributed by atoms with Crippen LogP contribution in [0.5, 0.6) is 0 Å². The van der Waals surface area contributed by atoms with Crippen LogP contribution >= 0.6 is 0 Å². The molecule has 3 rings (SSSR count). The Bertz CT molecular complexity index is 880. The lowest BCUT2D eigenvalue weighted by molar-refractivity contribution is 0.230. The Morgan fingerprint density at radius 1 is 0.722 bits per heavy atom. The fourth-order valence-corrected chi connectivity index (χ4v) is 4.86. The predicted octanol–water partition coefficient (Wildman–Crippen LogP) is 7.46. The number of benzene rings is 2. The van der Waals surface area contributed by atoms with E-state index in [1.165, 1.54) is 11.1 Å². The average Bonchev–Trinajstić information content (AvgIpc) is 2.91. The van der Waals surface area contributed by atoms with E-state index in [9.17, 15) is 9.59 Å². The van der Waals surface area contributed by atoms with Gasteiger partial charge in [-0.25, -0.2) is 9.59 Å². The Morgan fingerprint density at radius 2 is 1.11 bits per heavy atom. The van der Waals surface area contributed by atoms with E-state index in [0.717, 1.165) is 49.9 Å². The molecular formula is C30H44N4O2. The van der Waals surface area contributed by atoms with Crippen LogP contribution in [-0.4, -0.2) is 25.2 Å². The summed E-state index contributed by atoms with van der Waals surface area (Å²) in [6.07, 6.45) is 6.54. The average molecular weight is 493 g/mol. The predicted molar refractivity (Wildman–Crippen MR) is 150 cm³/mol. The van der Waals surface area contributed by atoms with Gasteiger partial charge in [0.05, 0.1) is 0 Å². The molecule has 0 unspecified atom stereocenters. The summed E-state index contributed by atoms with van der Waals surface area (Å²) in [4.78, 5) is 24.8. The summed E-state index contributed by atoms with van der Waals surface area (Å²) < 4.78 is 0. The van der Waals surface area contributed by atoms with Gasteiger partial charge < -0.3 is 21.3 Å². The molecule has 1 fully saturated rings. The van der Waals surface area contributed by atoms with Gasteiger partial charge in [0.15, 0.2) is 0 Å². The van der Waals surface area contributed by atoms with Crippen molar-refractivity contribution in [1.29, 1.82) is 0 Å². The third-order valence-corrected chi connectivity index (χ3v) is 7.69. The first-order valence-corrected chi connectivity index (χ1v) is 13.7. The van der Waals surface area contributed by atoms with Crippen molar-refractivity contribution in [2.45, 2.75) is 78.1 Å². The Morgan fingerprint density at radius 3 is 1.47 bits per heavy atom. The van der Waals surface area contributed by atoms with E-state index in [4.69, 9.17) is 0 Å². The third kappa shape index (κ3) is 8.58. The van der Waals surface area contributed by atoms with Crippen LogP contribution in [0, 0.1) is 11.8 Å². The monoisotopic (exact) mass is 492 g/mol. The third-order valence-electron chi connectivity index (χ3n) is 7.69. The van der Waals surface area contributed by atoms with E-state index in [0.29, 0.717) is 36.8 Å². The van der Waals surface area contributed by atoms with Gasteiger partial charge in [-0.2, -0.15) is 0 Å². The highest BCUT2D eigenvalue weighted by molar-refractivity contribution is 5.89. The zero-order valence-corrected chi connectivity index (χ0v) is 22.4. The maximum absolute atomic E-state index is 12.4. The Balaban J connectivity index is 1.36. The quantitative estimate of drug-likeness (QED) is 0.277. The van der Waals surface area contributed by atoms with Crippen LogP contribution in [0.3, 0.4) is 0 Å². The van der Waals surface area contributed by atoms with E-state index in [2.05, 4.69) is 73.2 Å². The molecule has 4 amide bonds. The SMILES string of the molecule is CC[C@@H](C)c1ccc(NC(=O)NC[C@@H]2CCC[C@H](CNC(=O)Nc3ccc([C@@H](C)CC)cc3)C2)cc1. The van der Waals surface area contributed by atoms with E-state index in [1.807, 2.05) is 24.3 Å². The molecule has 0 aliphatic heterocycles. The lowest BCUT2D eigenvalue weighted by atomic mass is 9.81. The molecule has 2 aromatic rings. The summed E-state index contributed by atoms with van der Waals surface area (Å²) in [7, 11) is 0. The van der Waals surface area contributed by atoms with E-state index in [1.54, 1.807) is 0 Å². The van der Waals surface area contributed by atoms with E-state index in [-0.39, 0.29) is 12.1 Å². The van der Waals surface area contributed by atoms with Crippen LogP contribution < -0.4 is 21.3 Å². The lowest BCUT2D eigenvalue weighted by Crippen LogP contribution is -2.38. The van der Waals surface area contributed by atoms with Crippen molar-refractivity contribution in [3.8, 4) is 0 Å². The van der Waals surface area contributed by atoms with Gasteiger partial charge in [-0.3, -0.25) is 0 Å². The molecule has 0 radical (unpaired) electrons. The maximum atomic E-state index is 12.4. The molecule has 1 saturated carbocycles. The molecule has 1 aliphatic carbocycles. The highest BCUT2D eigenvalue weighted by Gasteiger charge is 2.23.